The molecule has 0 amide bonds. The van der Waals surface area contributed by atoms with E-state index in [0.717, 1.165) is 18.7 Å². The molecule has 0 saturated carbocycles. The second-order valence-electron chi connectivity index (χ2n) is 5.92. The lowest BCUT2D eigenvalue weighted by molar-refractivity contribution is 0.414. The lowest BCUT2D eigenvalue weighted by Crippen LogP contribution is -2.29. The van der Waals surface area contributed by atoms with E-state index < -0.39 is 8.07 Å². The summed E-state index contributed by atoms with van der Waals surface area (Å²) < 4.78 is 5.16. The van der Waals surface area contributed by atoms with E-state index in [1.807, 2.05) is 12.1 Å². The molecule has 0 aromatic heterocycles. The Morgan fingerprint density at radius 3 is 2.18 bits per heavy atom. The van der Waals surface area contributed by atoms with E-state index in [1.165, 1.54) is 11.6 Å². The minimum atomic E-state index is -1.02. The van der Waals surface area contributed by atoms with Gasteiger partial charge in [-0.25, -0.2) is 0 Å². The lowest BCUT2D eigenvalue weighted by Gasteiger charge is -2.23. The first-order chi connectivity index (χ1) is 7.94. The number of hydrogen-bond donors (Lipinski definition) is 1. The highest BCUT2D eigenvalue weighted by Crippen LogP contribution is 2.21. The minimum absolute atomic E-state index is 0.620. The van der Waals surface area contributed by atoms with Crippen LogP contribution in [0.5, 0.6) is 5.75 Å². The first-order valence-electron chi connectivity index (χ1n) is 6.27. The highest BCUT2D eigenvalue weighted by atomic mass is 28.3. The van der Waals surface area contributed by atoms with Crippen LogP contribution in [-0.2, 0) is 6.42 Å². The van der Waals surface area contributed by atoms with Crippen molar-refractivity contribution in [3.63, 3.8) is 0 Å². The van der Waals surface area contributed by atoms with Crippen molar-refractivity contribution in [1.29, 1.82) is 0 Å². The SMILES string of the molecule is COc1ccc(CC(CN)C[Si](C)(C)C)cc1. The molecule has 0 aliphatic carbocycles. The monoisotopic (exact) mass is 251 g/mol. The predicted octanol–water partition coefficient (Wildman–Crippen LogP) is 3.15. The van der Waals surface area contributed by atoms with Gasteiger partial charge in [0.05, 0.1) is 7.11 Å². The molecule has 2 nitrogen and oxygen atoms in total. The number of benzene rings is 1. The van der Waals surface area contributed by atoms with Gasteiger partial charge in [0, 0.05) is 8.07 Å². The molecular weight excluding hydrogens is 226 g/mol. The maximum atomic E-state index is 5.88. The maximum absolute atomic E-state index is 5.88. The fourth-order valence-corrected chi connectivity index (χ4v) is 4.24. The molecule has 0 bridgehead atoms. The molecule has 1 rings (SSSR count). The van der Waals surface area contributed by atoms with Crippen LogP contribution in [0.25, 0.3) is 0 Å². The van der Waals surface area contributed by atoms with E-state index in [0.29, 0.717) is 5.92 Å². The van der Waals surface area contributed by atoms with Gasteiger partial charge in [-0.3, -0.25) is 0 Å². The Hall–Kier alpha value is -0.803. The van der Waals surface area contributed by atoms with Crippen LogP contribution in [-0.4, -0.2) is 21.7 Å². The molecule has 1 aromatic carbocycles. The Morgan fingerprint density at radius 2 is 1.76 bits per heavy atom. The van der Waals surface area contributed by atoms with Crippen LogP contribution in [0.3, 0.4) is 0 Å². The fraction of sp³-hybridized carbons (Fsp3) is 0.571. The van der Waals surface area contributed by atoms with Gasteiger partial charge < -0.3 is 10.5 Å². The summed E-state index contributed by atoms with van der Waals surface area (Å²) in [4.78, 5) is 0. The summed E-state index contributed by atoms with van der Waals surface area (Å²) in [5.74, 6) is 1.54. The van der Waals surface area contributed by atoms with Crippen LogP contribution in [0.15, 0.2) is 24.3 Å². The summed E-state index contributed by atoms with van der Waals surface area (Å²) in [6.07, 6.45) is 1.09. The normalized spacial score (nSPS) is 13.5. The van der Waals surface area contributed by atoms with Gasteiger partial charge in [-0.15, -0.1) is 0 Å². The van der Waals surface area contributed by atoms with Gasteiger partial charge in [0.1, 0.15) is 5.75 Å². The molecule has 0 saturated heterocycles. The van der Waals surface area contributed by atoms with Gasteiger partial charge in [-0.1, -0.05) is 37.8 Å². The predicted molar refractivity (Wildman–Crippen MR) is 77.4 cm³/mol. The fourth-order valence-electron chi connectivity index (χ4n) is 2.20. The van der Waals surface area contributed by atoms with Crippen molar-refractivity contribution in [1.82, 2.24) is 0 Å². The van der Waals surface area contributed by atoms with Gasteiger partial charge in [0.15, 0.2) is 0 Å². The third-order valence-corrected chi connectivity index (χ3v) is 4.72. The molecule has 3 heteroatoms. The first kappa shape index (κ1) is 14.3. The van der Waals surface area contributed by atoms with Crippen molar-refractivity contribution in [2.24, 2.45) is 11.7 Å². The molecule has 17 heavy (non-hydrogen) atoms. The number of ether oxygens (including phenoxy) is 1. The van der Waals surface area contributed by atoms with Gasteiger partial charge in [-0.2, -0.15) is 0 Å². The van der Waals surface area contributed by atoms with E-state index in [4.69, 9.17) is 10.5 Å². The van der Waals surface area contributed by atoms with Crippen LogP contribution < -0.4 is 10.5 Å². The Balaban J connectivity index is 2.61. The van der Waals surface area contributed by atoms with Gasteiger partial charge >= 0.3 is 0 Å². The second kappa shape index (κ2) is 6.22. The molecule has 1 unspecified atom stereocenters. The summed E-state index contributed by atoms with van der Waals surface area (Å²) in [7, 11) is 0.680. The van der Waals surface area contributed by atoms with E-state index in [-0.39, 0.29) is 0 Å². The smallest absolute Gasteiger partial charge is 0.118 e. The Labute approximate surface area is 106 Å². The molecule has 0 aliphatic rings. The molecule has 0 heterocycles. The molecule has 0 aliphatic heterocycles. The highest BCUT2D eigenvalue weighted by molar-refractivity contribution is 6.76. The van der Waals surface area contributed by atoms with Crippen LogP contribution in [0.1, 0.15) is 5.56 Å². The van der Waals surface area contributed by atoms with E-state index in [1.54, 1.807) is 7.11 Å². The molecule has 0 spiro atoms. The quantitative estimate of drug-likeness (QED) is 0.788. The number of nitrogens with two attached hydrogens (primary N) is 1. The summed E-state index contributed by atoms with van der Waals surface area (Å²) in [5, 5.41) is 0. The summed E-state index contributed by atoms with van der Waals surface area (Å²) in [5.41, 5.74) is 7.24. The summed E-state index contributed by atoms with van der Waals surface area (Å²) in [6.45, 7) is 8.01. The van der Waals surface area contributed by atoms with E-state index in [2.05, 4.69) is 31.8 Å². The molecule has 1 aromatic rings. The standard InChI is InChI=1S/C14H25NOSi/c1-16-14-7-5-12(6-8-14)9-13(10-15)11-17(2,3)4/h5-8,13H,9-11,15H2,1-4H3. The van der Waals surface area contributed by atoms with Crippen LogP contribution in [0.4, 0.5) is 0 Å². The zero-order valence-corrected chi connectivity index (χ0v) is 12.5. The number of methoxy groups -OCH3 is 1. The molecular formula is C14H25NOSi. The van der Waals surface area contributed by atoms with Crippen molar-refractivity contribution < 1.29 is 4.74 Å². The Bertz CT molecular complexity index is 329. The zero-order chi connectivity index (χ0) is 12.9. The van der Waals surface area contributed by atoms with Crippen molar-refractivity contribution in [3.05, 3.63) is 29.8 Å². The highest BCUT2D eigenvalue weighted by Gasteiger charge is 2.19. The minimum Gasteiger partial charge on any atom is -0.497 e. The largest absolute Gasteiger partial charge is 0.497 e. The van der Waals surface area contributed by atoms with Crippen molar-refractivity contribution >= 4 is 8.07 Å². The maximum Gasteiger partial charge on any atom is 0.118 e. The average molecular weight is 251 g/mol. The second-order valence-corrected chi connectivity index (χ2v) is 11.4. The molecule has 96 valence electrons. The molecule has 0 radical (unpaired) electrons. The Morgan fingerprint density at radius 1 is 1.18 bits per heavy atom. The van der Waals surface area contributed by atoms with Crippen LogP contribution in [0, 0.1) is 5.92 Å². The van der Waals surface area contributed by atoms with Crippen molar-refractivity contribution in [2.45, 2.75) is 32.1 Å². The van der Waals surface area contributed by atoms with Gasteiger partial charge in [0.2, 0.25) is 0 Å². The zero-order valence-electron chi connectivity index (χ0n) is 11.5. The first-order valence-corrected chi connectivity index (χ1v) is 9.98. The van der Waals surface area contributed by atoms with E-state index in [9.17, 15) is 0 Å². The number of rotatable bonds is 6. The molecule has 2 N–H and O–H groups in total. The molecule has 0 fully saturated rings. The van der Waals surface area contributed by atoms with E-state index >= 15 is 0 Å². The van der Waals surface area contributed by atoms with Crippen molar-refractivity contribution in [3.8, 4) is 5.75 Å². The lowest BCUT2D eigenvalue weighted by atomic mass is 10.0. The third kappa shape index (κ3) is 5.37. The van der Waals surface area contributed by atoms with Crippen molar-refractivity contribution in [2.75, 3.05) is 13.7 Å². The summed E-state index contributed by atoms with van der Waals surface area (Å²) >= 11 is 0. The van der Waals surface area contributed by atoms with Gasteiger partial charge in [0.25, 0.3) is 0 Å². The topological polar surface area (TPSA) is 35.2 Å². The van der Waals surface area contributed by atoms with Crippen LogP contribution >= 0.6 is 0 Å². The van der Waals surface area contributed by atoms with Crippen LogP contribution in [0.2, 0.25) is 25.7 Å². The third-order valence-electron chi connectivity index (χ3n) is 2.92. The number of hydrogen-bond acceptors (Lipinski definition) is 2. The Kier molecular flexibility index (Phi) is 5.21. The molecule has 1 atom stereocenters. The summed E-state index contributed by atoms with van der Waals surface area (Å²) in [6, 6.07) is 9.64. The average Bonchev–Trinajstić information content (AvgIpc) is 2.27. The van der Waals surface area contributed by atoms with Gasteiger partial charge in [-0.05, 0) is 36.6 Å².